The molecule has 16 nitrogen and oxygen atoms in total. The number of nitrogens with one attached hydrogen (secondary N) is 4. The van der Waals surface area contributed by atoms with Crippen molar-refractivity contribution in [2.75, 3.05) is 13.1 Å². The highest BCUT2D eigenvalue weighted by Gasteiger charge is 2.24. The number of hydrogen-bond acceptors (Lipinski definition) is 8. The molecule has 0 aliphatic rings. The van der Waals surface area contributed by atoms with Gasteiger partial charge in [0.1, 0.15) is 12.1 Å². The van der Waals surface area contributed by atoms with Crippen molar-refractivity contribution < 1.29 is 19.2 Å². The van der Waals surface area contributed by atoms with Crippen molar-refractivity contribution >= 4 is 47.0 Å². The molecule has 0 fully saturated rings. The Balaban J connectivity index is 1.39. The van der Waals surface area contributed by atoms with Crippen LogP contribution in [-0.2, 0) is 22.4 Å². The van der Waals surface area contributed by atoms with Gasteiger partial charge in [-0.15, -0.1) is 10.2 Å². The van der Waals surface area contributed by atoms with Crippen LogP contribution in [0.3, 0.4) is 0 Å². The summed E-state index contributed by atoms with van der Waals surface area (Å²) in [7, 11) is 0. The lowest BCUT2D eigenvalue weighted by molar-refractivity contribution is -0.124. The predicted octanol–water partition coefficient (Wildman–Crippen LogP) is 1.30. The first kappa shape index (κ1) is 41.4. The summed E-state index contributed by atoms with van der Waals surface area (Å²) in [6, 6.07) is 29.9. The first-order valence-electron chi connectivity index (χ1n) is 17.6. The molecule has 4 amide bonds. The van der Waals surface area contributed by atoms with E-state index in [1.54, 1.807) is 62.4 Å². The van der Waals surface area contributed by atoms with Gasteiger partial charge in [-0.2, -0.15) is 10.2 Å². The zero-order valence-corrected chi connectivity index (χ0v) is 31.1. The number of carbonyl (C=O) groups is 4. The minimum Gasteiger partial charge on any atom is -0.369 e. The van der Waals surface area contributed by atoms with E-state index in [0.717, 1.165) is 11.1 Å². The number of nitrogens with two attached hydrogens (primary N) is 4. The second kappa shape index (κ2) is 20.8. The van der Waals surface area contributed by atoms with Crippen LogP contribution in [0.1, 0.15) is 56.8 Å². The van der Waals surface area contributed by atoms with E-state index in [9.17, 15) is 19.2 Å². The van der Waals surface area contributed by atoms with Crippen LogP contribution in [0.15, 0.2) is 130 Å². The second-order valence-electron chi connectivity index (χ2n) is 12.6. The number of carbonyl (C=O) groups excluding carboxylic acids is 4. The van der Waals surface area contributed by atoms with Gasteiger partial charge >= 0.3 is 0 Å². The van der Waals surface area contributed by atoms with Crippen molar-refractivity contribution in [2.45, 2.75) is 38.8 Å². The molecule has 16 heteroatoms. The van der Waals surface area contributed by atoms with Crippen molar-refractivity contribution in [1.29, 1.82) is 0 Å². The summed E-state index contributed by atoms with van der Waals surface area (Å²) in [5.41, 5.74) is 26.2. The first-order chi connectivity index (χ1) is 26.9. The SMILES string of the molecule is C/C(=N\N=C(N)N)c1ccc(C(=O)NC(Cc2ccccc2)C(=O)NCCNC(=O)[C@H](Cc2ccccc2)NC(=O)c2ccc(/C(C)=N/N=C(N)N)cc2)cc1. The van der Waals surface area contributed by atoms with E-state index >= 15 is 0 Å². The third kappa shape index (κ3) is 13.2. The smallest absolute Gasteiger partial charge is 0.251 e. The molecule has 0 bridgehead atoms. The van der Waals surface area contributed by atoms with E-state index < -0.39 is 35.7 Å². The fourth-order valence-electron chi connectivity index (χ4n) is 5.33. The Morgan fingerprint density at radius 1 is 0.482 bits per heavy atom. The van der Waals surface area contributed by atoms with Crippen molar-refractivity contribution in [3.63, 3.8) is 0 Å². The van der Waals surface area contributed by atoms with Crippen LogP contribution < -0.4 is 44.2 Å². The third-order valence-corrected chi connectivity index (χ3v) is 8.29. The molecule has 4 aromatic carbocycles. The molecular formula is C40H46N12O4. The van der Waals surface area contributed by atoms with Gasteiger partial charge < -0.3 is 44.2 Å². The highest BCUT2D eigenvalue weighted by Crippen LogP contribution is 2.11. The van der Waals surface area contributed by atoms with Gasteiger partial charge in [0, 0.05) is 37.1 Å². The van der Waals surface area contributed by atoms with Gasteiger partial charge in [-0.05, 0) is 60.4 Å². The van der Waals surface area contributed by atoms with Crippen molar-refractivity contribution in [3.8, 4) is 0 Å². The number of hydrogen-bond donors (Lipinski definition) is 8. The van der Waals surface area contributed by atoms with Crippen LogP contribution in [0, 0.1) is 0 Å². The predicted molar refractivity (Wildman–Crippen MR) is 218 cm³/mol. The van der Waals surface area contributed by atoms with Crippen LogP contribution in [0.5, 0.6) is 0 Å². The van der Waals surface area contributed by atoms with Gasteiger partial charge in [0.05, 0.1) is 11.4 Å². The second-order valence-corrected chi connectivity index (χ2v) is 12.6. The van der Waals surface area contributed by atoms with Crippen molar-refractivity contribution in [3.05, 3.63) is 143 Å². The van der Waals surface area contributed by atoms with E-state index in [-0.39, 0.29) is 37.9 Å². The summed E-state index contributed by atoms with van der Waals surface area (Å²) in [5.74, 6) is -2.14. The zero-order valence-electron chi connectivity index (χ0n) is 31.1. The van der Waals surface area contributed by atoms with Gasteiger partial charge in [-0.3, -0.25) is 19.2 Å². The minimum absolute atomic E-state index is 0.0586. The lowest BCUT2D eigenvalue weighted by Crippen LogP contribution is -2.51. The molecule has 0 aliphatic heterocycles. The third-order valence-electron chi connectivity index (χ3n) is 8.29. The van der Waals surface area contributed by atoms with Gasteiger partial charge in [-0.1, -0.05) is 84.9 Å². The number of rotatable bonds is 17. The molecule has 0 saturated carbocycles. The van der Waals surface area contributed by atoms with E-state index in [2.05, 4.69) is 41.7 Å². The normalized spacial score (nSPS) is 12.3. The summed E-state index contributed by atoms with van der Waals surface area (Å²) < 4.78 is 0. The fourth-order valence-corrected chi connectivity index (χ4v) is 5.33. The number of benzene rings is 4. The summed E-state index contributed by atoms with van der Waals surface area (Å²) in [4.78, 5) is 53.5. The molecule has 290 valence electrons. The summed E-state index contributed by atoms with van der Waals surface area (Å²) >= 11 is 0. The first-order valence-corrected chi connectivity index (χ1v) is 17.6. The molecule has 4 aromatic rings. The quantitative estimate of drug-likeness (QED) is 0.0336. The van der Waals surface area contributed by atoms with Crippen LogP contribution in [0.2, 0.25) is 0 Å². The van der Waals surface area contributed by atoms with E-state index in [1.807, 2.05) is 60.7 Å². The highest BCUT2D eigenvalue weighted by molar-refractivity contribution is 6.02. The molecular weight excluding hydrogens is 713 g/mol. The van der Waals surface area contributed by atoms with Gasteiger partial charge in [0.2, 0.25) is 23.7 Å². The Morgan fingerprint density at radius 2 is 0.804 bits per heavy atom. The number of nitrogens with zero attached hydrogens (tertiary/aromatic N) is 4. The lowest BCUT2D eigenvalue weighted by atomic mass is 10.0. The zero-order chi connectivity index (χ0) is 40.5. The van der Waals surface area contributed by atoms with E-state index in [0.29, 0.717) is 33.7 Å². The van der Waals surface area contributed by atoms with Crippen molar-refractivity contribution in [2.24, 2.45) is 43.3 Å². The molecule has 4 rings (SSSR count). The van der Waals surface area contributed by atoms with Gasteiger partial charge in [-0.25, -0.2) is 0 Å². The lowest BCUT2D eigenvalue weighted by Gasteiger charge is -2.20. The average molecular weight is 759 g/mol. The Bertz CT molecular complexity index is 1920. The van der Waals surface area contributed by atoms with Crippen molar-refractivity contribution in [1.82, 2.24) is 21.3 Å². The molecule has 2 atom stereocenters. The maximum Gasteiger partial charge on any atom is 0.251 e. The average Bonchev–Trinajstić information content (AvgIpc) is 3.20. The molecule has 0 aromatic heterocycles. The molecule has 56 heavy (non-hydrogen) atoms. The molecule has 0 heterocycles. The minimum atomic E-state index is -0.927. The summed E-state index contributed by atoms with van der Waals surface area (Å²) in [6.07, 6.45) is 0.448. The van der Waals surface area contributed by atoms with E-state index in [1.165, 1.54) is 0 Å². The standard InChI is InChI=1S/C40H46N12O4/c1-25(49-51-39(41)42)29-13-17-31(18-14-29)35(53)47-33(23-27-9-5-3-6-10-27)37(55)45-21-22-46-38(56)34(24-28-11-7-4-8-12-28)48-36(54)32-19-15-30(16-20-32)26(2)50-52-40(43)44/h3-20,33-34H,21-24H2,1-2H3,(H,45,55)(H,46,56)(H,47,53)(H,48,54)(H4,41,42,51)(H4,43,44,52)/b49-25+,50-26+/t33-,34?/m0/s1. The fraction of sp³-hybridized carbons (Fsp3) is 0.200. The van der Waals surface area contributed by atoms with Crippen LogP contribution in [-0.4, -0.2) is 72.1 Å². The Morgan fingerprint density at radius 3 is 1.12 bits per heavy atom. The monoisotopic (exact) mass is 758 g/mol. The summed E-state index contributed by atoms with van der Waals surface area (Å²) in [5, 5.41) is 26.5. The summed E-state index contributed by atoms with van der Waals surface area (Å²) in [6.45, 7) is 3.56. The molecule has 0 aliphatic carbocycles. The Hall–Kier alpha value is -7.36. The van der Waals surface area contributed by atoms with Crippen LogP contribution >= 0.6 is 0 Å². The Kier molecular flexibility index (Phi) is 15.4. The molecule has 1 unspecified atom stereocenters. The van der Waals surface area contributed by atoms with Crippen LogP contribution in [0.4, 0.5) is 0 Å². The molecule has 0 radical (unpaired) electrons. The highest BCUT2D eigenvalue weighted by atomic mass is 16.2. The molecule has 0 saturated heterocycles. The largest absolute Gasteiger partial charge is 0.369 e. The van der Waals surface area contributed by atoms with Gasteiger partial charge in [0.25, 0.3) is 11.8 Å². The molecule has 0 spiro atoms. The van der Waals surface area contributed by atoms with E-state index in [4.69, 9.17) is 22.9 Å². The van der Waals surface area contributed by atoms with Gasteiger partial charge in [0.15, 0.2) is 0 Å². The maximum absolute atomic E-state index is 13.5. The maximum atomic E-state index is 13.5. The number of amides is 4. The molecule has 12 N–H and O–H groups in total. The van der Waals surface area contributed by atoms with Crippen LogP contribution in [0.25, 0.3) is 0 Å². The Labute approximate surface area is 324 Å². The number of guanidine groups is 2. The topological polar surface area (TPSA) is 270 Å².